The molecular weight excluding hydrogens is 588 g/mol. The minimum absolute atomic E-state index is 0.0586. The van der Waals surface area contributed by atoms with Crippen LogP contribution in [0.2, 0.25) is 0 Å². The summed E-state index contributed by atoms with van der Waals surface area (Å²) in [4.78, 5) is 49.3. The van der Waals surface area contributed by atoms with Gasteiger partial charge in [0.15, 0.2) is 6.10 Å². The second-order valence-electron chi connectivity index (χ2n) is 12.5. The molecule has 6 rings (SSSR count). The average molecular weight is 631 g/mol. The van der Waals surface area contributed by atoms with E-state index in [-0.39, 0.29) is 67.0 Å². The standard InChI is InChI=1S/C33H42O12/c1-6-22-23(31(38)44-30(22)37)9-10-41-15-24(35)29-20(14-42-18(4)34)11-16(2)33-21(13-26(40-5)32(39)43-29)8-7-19-12-25(45-33)17(3)28(36)27(19)33/h7-11,17,19-21,24-29,35-36H,6,12-15H2,1-5H3. The third-order valence-corrected chi connectivity index (χ3v) is 10.00. The van der Waals surface area contributed by atoms with Crippen LogP contribution in [0.15, 0.2) is 47.3 Å². The molecule has 11 atom stereocenters. The van der Waals surface area contributed by atoms with Gasteiger partial charge >= 0.3 is 23.9 Å². The molecule has 45 heavy (non-hydrogen) atoms. The smallest absolute Gasteiger partial charge is 0.346 e. The van der Waals surface area contributed by atoms with Crippen LogP contribution in [0.4, 0.5) is 0 Å². The van der Waals surface area contributed by atoms with Gasteiger partial charge in [0.05, 0.1) is 35.5 Å². The Morgan fingerprint density at radius 2 is 1.96 bits per heavy atom. The van der Waals surface area contributed by atoms with E-state index in [2.05, 4.69) is 10.8 Å². The first-order chi connectivity index (χ1) is 21.4. The van der Waals surface area contributed by atoms with Crippen LogP contribution in [0, 0.1) is 29.6 Å². The molecule has 3 fully saturated rings. The van der Waals surface area contributed by atoms with Gasteiger partial charge in [0.1, 0.15) is 31.0 Å². The van der Waals surface area contributed by atoms with E-state index in [9.17, 15) is 29.4 Å². The molecule has 4 bridgehead atoms. The van der Waals surface area contributed by atoms with Crippen LogP contribution >= 0.6 is 0 Å². The van der Waals surface area contributed by atoms with Crippen molar-refractivity contribution in [3.63, 3.8) is 0 Å². The van der Waals surface area contributed by atoms with Gasteiger partial charge < -0.3 is 38.6 Å². The highest BCUT2D eigenvalue weighted by molar-refractivity contribution is 6.13. The summed E-state index contributed by atoms with van der Waals surface area (Å²) in [6.07, 6.45) is 5.17. The number of aliphatic hydroxyl groups excluding tert-OH is 2. The van der Waals surface area contributed by atoms with Gasteiger partial charge in [0.25, 0.3) is 0 Å². The van der Waals surface area contributed by atoms with Gasteiger partial charge in [0, 0.05) is 31.8 Å². The second-order valence-corrected chi connectivity index (χ2v) is 12.5. The summed E-state index contributed by atoms with van der Waals surface area (Å²) >= 11 is 0. The SMILES string of the molecule is CCC1=C(C=COCC(O)C2OC(=O)C(OC)CC3C=CC4CC5OC3(C(C)=CC2COC(C)=O)C4C(O)C5C)C(=O)OC1=O. The third kappa shape index (κ3) is 6.00. The monoisotopic (exact) mass is 630 g/mol. The first-order valence-electron chi connectivity index (χ1n) is 15.5. The van der Waals surface area contributed by atoms with Gasteiger partial charge in [-0.25, -0.2) is 14.4 Å². The van der Waals surface area contributed by atoms with Crippen LogP contribution in [0.25, 0.3) is 0 Å². The van der Waals surface area contributed by atoms with E-state index in [1.165, 1.54) is 20.1 Å². The van der Waals surface area contributed by atoms with Crippen molar-refractivity contribution in [2.24, 2.45) is 29.6 Å². The van der Waals surface area contributed by atoms with E-state index in [0.717, 1.165) is 18.3 Å². The van der Waals surface area contributed by atoms with Gasteiger partial charge in [0.2, 0.25) is 0 Å². The number of methoxy groups -OCH3 is 1. The Balaban J connectivity index is 1.48. The Hall–Kier alpha value is -3.32. The van der Waals surface area contributed by atoms with Gasteiger partial charge in [-0.15, -0.1) is 0 Å². The van der Waals surface area contributed by atoms with Gasteiger partial charge in [-0.1, -0.05) is 32.1 Å². The normalized spacial score (nSPS) is 38.4. The summed E-state index contributed by atoms with van der Waals surface area (Å²) in [6, 6.07) is 0. The van der Waals surface area contributed by atoms with Crippen molar-refractivity contribution < 1.29 is 57.8 Å². The molecule has 4 aliphatic heterocycles. The molecule has 2 N–H and O–H groups in total. The molecule has 11 unspecified atom stereocenters. The second kappa shape index (κ2) is 13.2. The number of carbonyl (C=O) groups is 4. The fourth-order valence-electron chi connectivity index (χ4n) is 7.73. The fraction of sp³-hybridized carbons (Fsp3) is 0.636. The van der Waals surface area contributed by atoms with Crippen LogP contribution in [0.1, 0.15) is 47.0 Å². The van der Waals surface area contributed by atoms with Gasteiger partial charge in [-0.2, -0.15) is 0 Å². The van der Waals surface area contributed by atoms with Gasteiger partial charge in [-0.05, 0) is 43.8 Å². The average Bonchev–Trinajstić information content (AvgIpc) is 3.28. The molecule has 2 aliphatic carbocycles. The summed E-state index contributed by atoms with van der Waals surface area (Å²) < 4.78 is 33.9. The number of allylic oxidation sites excluding steroid dienone is 1. The zero-order chi connectivity index (χ0) is 32.6. The number of rotatable bonds is 9. The summed E-state index contributed by atoms with van der Waals surface area (Å²) in [5.41, 5.74) is 0.0892. The molecule has 0 aromatic carbocycles. The van der Waals surface area contributed by atoms with Crippen LogP contribution in [0.5, 0.6) is 0 Å². The Morgan fingerprint density at radius 1 is 1.20 bits per heavy atom. The highest BCUT2D eigenvalue weighted by atomic mass is 16.6. The molecule has 246 valence electrons. The Kier molecular flexibility index (Phi) is 9.69. The zero-order valence-corrected chi connectivity index (χ0v) is 26.2. The number of ether oxygens (including phenoxy) is 6. The summed E-state index contributed by atoms with van der Waals surface area (Å²) in [7, 11) is 1.40. The maximum Gasteiger partial charge on any atom is 0.346 e. The lowest BCUT2D eigenvalue weighted by molar-refractivity contribution is -0.276. The predicted octanol–water partition coefficient (Wildman–Crippen LogP) is 2.08. The van der Waals surface area contributed by atoms with Crippen molar-refractivity contribution in [3.05, 3.63) is 47.3 Å². The quantitative estimate of drug-likeness (QED) is 0.126. The first-order valence-corrected chi connectivity index (χ1v) is 15.5. The highest BCUT2D eigenvalue weighted by Gasteiger charge is 2.64. The predicted molar refractivity (Wildman–Crippen MR) is 156 cm³/mol. The van der Waals surface area contributed by atoms with Crippen LogP contribution in [-0.2, 0) is 47.6 Å². The third-order valence-electron chi connectivity index (χ3n) is 10.00. The van der Waals surface area contributed by atoms with Crippen LogP contribution in [-0.4, -0.2) is 90.5 Å². The summed E-state index contributed by atoms with van der Waals surface area (Å²) in [6.45, 7) is 6.26. The lowest BCUT2D eigenvalue weighted by Gasteiger charge is -2.64. The van der Waals surface area contributed by atoms with Crippen molar-refractivity contribution in [2.45, 2.75) is 83.1 Å². The molecule has 0 radical (unpaired) electrons. The number of hydrogen-bond donors (Lipinski definition) is 2. The number of aliphatic hydroxyl groups is 2. The van der Waals surface area contributed by atoms with E-state index < -0.39 is 59.8 Å². The van der Waals surface area contributed by atoms with Crippen LogP contribution < -0.4 is 0 Å². The van der Waals surface area contributed by atoms with E-state index >= 15 is 0 Å². The minimum Gasteiger partial charge on any atom is -0.498 e. The molecule has 6 aliphatic rings. The van der Waals surface area contributed by atoms with Crippen molar-refractivity contribution >= 4 is 23.9 Å². The van der Waals surface area contributed by atoms with Crippen molar-refractivity contribution in [2.75, 3.05) is 20.3 Å². The number of cyclic esters (lactones) is 3. The Labute approximate surface area is 262 Å². The van der Waals surface area contributed by atoms with Crippen molar-refractivity contribution in [1.29, 1.82) is 0 Å². The van der Waals surface area contributed by atoms with Crippen LogP contribution in [0.3, 0.4) is 0 Å². The molecule has 1 saturated carbocycles. The minimum atomic E-state index is -1.42. The van der Waals surface area contributed by atoms with Gasteiger partial charge in [-0.3, -0.25) is 4.79 Å². The Morgan fingerprint density at radius 3 is 2.62 bits per heavy atom. The first kappa shape index (κ1) is 33.1. The number of esters is 4. The largest absolute Gasteiger partial charge is 0.498 e. The van der Waals surface area contributed by atoms with Crippen molar-refractivity contribution in [1.82, 2.24) is 0 Å². The maximum atomic E-state index is 13.6. The summed E-state index contributed by atoms with van der Waals surface area (Å²) in [5, 5.41) is 22.8. The number of carbonyl (C=O) groups excluding carboxylic acids is 4. The van der Waals surface area contributed by atoms with E-state index in [1.807, 2.05) is 26.0 Å². The molecule has 12 heteroatoms. The molecular formula is C33H42O12. The van der Waals surface area contributed by atoms with E-state index in [0.29, 0.717) is 0 Å². The van der Waals surface area contributed by atoms with E-state index in [1.54, 1.807) is 6.92 Å². The number of hydrogen-bond acceptors (Lipinski definition) is 12. The highest BCUT2D eigenvalue weighted by Crippen LogP contribution is 2.59. The summed E-state index contributed by atoms with van der Waals surface area (Å²) in [5.74, 6) is -4.19. The maximum absolute atomic E-state index is 13.6. The lowest BCUT2D eigenvalue weighted by atomic mass is 9.52. The molecule has 12 nitrogen and oxygen atoms in total. The molecule has 0 aromatic rings. The lowest BCUT2D eigenvalue weighted by Crippen LogP contribution is -2.69. The molecule has 4 heterocycles. The Bertz CT molecular complexity index is 1330. The molecule has 2 saturated heterocycles. The molecule has 0 aromatic heterocycles. The van der Waals surface area contributed by atoms with E-state index in [4.69, 9.17) is 23.7 Å². The topological polar surface area (TPSA) is 164 Å². The molecule has 0 amide bonds. The van der Waals surface area contributed by atoms with Crippen molar-refractivity contribution in [3.8, 4) is 0 Å². The zero-order valence-electron chi connectivity index (χ0n) is 26.2. The molecule has 1 spiro atoms. The number of fused-ring (bicyclic) bond motifs is 1. The fourth-order valence-corrected chi connectivity index (χ4v) is 7.73.